The molecule has 0 saturated heterocycles. The van der Waals surface area contributed by atoms with Gasteiger partial charge in [-0.15, -0.1) is 0 Å². The fraction of sp³-hybridized carbons (Fsp3) is 0. The molecule has 0 bridgehead atoms. The van der Waals surface area contributed by atoms with Crippen LogP contribution in [0.5, 0.6) is 0 Å². The Morgan fingerprint density at radius 3 is 0.571 bits per heavy atom. The van der Waals surface area contributed by atoms with Crippen LogP contribution >= 0.6 is 0 Å². The third-order valence-electron chi connectivity index (χ3n) is 0.333. The Morgan fingerprint density at radius 2 is 0.571 bits per heavy atom. The minimum Gasteiger partial charge on any atom is -0.543 e. The van der Waals surface area contributed by atoms with Gasteiger partial charge in [0.2, 0.25) is 0 Å². The molecule has 8 nitrogen and oxygen atoms in total. The second-order valence-electron chi connectivity index (χ2n) is 1.15. The summed E-state index contributed by atoms with van der Waals surface area (Å²) in [6, 6.07) is 0. The number of hydrogen-bond acceptors (Lipinski definition) is 8. The number of carboxylic acids is 4. The molecule has 72 valence electrons. The van der Waals surface area contributed by atoms with E-state index in [4.69, 9.17) is 39.6 Å². The Labute approximate surface area is 141 Å². The number of carbonyl (C=O) groups excluding carboxylic acids is 4. The van der Waals surface area contributed by atoms with Gasteiger partial charge in [0.1, 0.15) is 0 Å². The molecule has 0 aromatic heterocycles. The predicted molar refractivity (Wildman–Crippen MR) is 20.0 cm³/mol. The third-order valence-corrected chi connectivity index (χ3v) is 0.333. The van der Waals surface area contributed by atoms with Crippen molar-refractivity contribution in [2.45, 2.75) is 0 Å². The van der Waals surface area contributed by atoms with Crippen LogP contribution in [0.2, 0.25) is 0 Å². The molecule has 0 radical (unpaired) electrons. The maximum Gasteiger partial charge on any atom is 2.00 e. The summed E-state index contributed by atoms with van der Waals surface area (Å²) in [5.74, 6) is -8.74. The number of carbonyl (C=O) groups is 4. The van der Waals surface area contributed by atoms with Crippen LogP contribution in [0, 0.1) is 79.9 Å². The molecular weight excluding hydrogens is 640 g/mol. The topological polar surface area (TPSA) is 161 Å². The van der Waals surface area contributed by atoms with Gasteiger partial charge in [-0.2, -0.15) is 0 Å². The molecule has 0 N–H and O–H groups in total. The van der Waals surface area contributed by atoms with Crippen LogP contribution in [0.3, 0.4) is 0 Å². The van der Waals surface area contributed by atoms with E-state index in [9.17, 15) is 0 Å². The van der Waals surface area contributed by atoms with E-state index in [0.717, 1.165) is 0 Å². The Morgan fingerprint density at radius 1 is 0.500 bits per heavy atom. The van der Waals surface area contributed by atoms with Crippen molar-refractivity contribution in [1.29, 1.82) is 0 Å². The van der Waals surface area contributed by atoms with E-state index in [0.29, 0.717) is 0 Å². The van der Waals surface area contributed by atoms with Crippen molar-refractivity contribution in [3.05, 3.63) is 0 Å². The zero-order chi connectivity index (χ0) is 10.3. The van der Waals surface area contributed by atoms with Crippen molar-refractivity contribution in [2.75, 3.05) is 0 Å². The zero-order valence-electron chi connectivity index (χ0n) is 6.27. The van der Waals surface area contributed by atoms with Gasteiger partial charge in [0.15, 0.2) is 0 Å². The fourth-order valence-electron chi connectivity index (χ4n) is 0. The van der Waals surface area contributed by atoms with Crippen molar-refractivity contribution < 1.29 is 119 Å². The van der Waals surface area contributed by atoms with Crippen molar-refractivity contribution in [1.82, 2.24) is 0 Å². The molecule has 0 aliphatic heterocycles. The van der Waals surface area contributed by atoms with Gasteiger partial charge in [0.25, 0.3) is 0 Å². The molecule has 0 aliphatic rings. The van der Waals surface area contributed by atoms with Gasteiger partial charge in [-0.25, -0.2) is 0 Å². The van der Waals surface area contributed by atoms with Crippen molar-refractivity contribution >= 4 is 23.9 Å². The summed E-state index contributed by atoms with van der Waals surface area (Å²) < 4.78 is 0. The van der Waals surface area contributed by atoms with Gasteiger partial charge in [-0.3, -0.25) is 0 Å². The number of aliphatic carboxylic acids is 4. The molecule has 0 atom stereocenters. The van der Waals surface area contributed by atoms with Crippen LogP contribution in [-0.2, 0) is 19.2 Å². The second kappa shape index (κ2) is 13.5. The van der Waals surface area contributed by atoms with E-state index in [1.165, 1.54) is 0 Å². The summed E-state index contributed by atoms with van der Waals surface area (Å²) in [6.07, 6.45) is 0. The molecule has 0 aliphatic carbocycles. The Hall–Kier alpha value is 0.529. The van der Waals surface area contributed by atoms with E-state index < -0.39 is 23.9 Å². The summed E-state index contributed by atoms with van der Waals surface area (Å²) in [6.45, 7) is 0. The largest absolute Gasteiger partial charge is 2.00 e. The first-order valence-electron chi connectivity index (χ1n) is 2.13. The van der Waals surface area contributed by atoms with E-state index in [1.54, 1.807) is 0 Å². The number of rotatable bonds is 0. The smallest absolute Gasteiger partial charge is 0.543 e. The molecule has 0 rings (SSSR count). The average Bonchev–Trinajstić information content (AvgIpc) is 1.88. The molecule has 10 heteroatoms. The van der Waals surface area contributed by atoms with Gasteiger partial charge in [0.05, 0.1) is 23.9 Å². The van der Waals surface area contributed by atoms with Crippen LogP contribution in [0.1, 0.15) is 0 Å². The van der Waals surface area contributed by atoms with Crippen LogP contribution in [0.15, 0.2) is 0 Å². The Kier molecular flexibility index (Phi) is 23.2. The molecule has 0 spiro atoms. The molecule has 0 fully saturated rings. The summed E-state index contributed by atoms with van der Waals surface area (Å²) in [5.41, 5.74) is 0. The van der Waals surface area contributed by atoms with Crippen LogP contribution < -0.4 is 20.4 Å². The average molecular weight is 640 g/mol. The van der Waals surface area contributed by atoms with E-state index >= 15 is 0 Å². The summed E-state index contributed by atoms with van der Waals surface area (Å²) in [7, 11) is 0. The quantitative estimate of drug-likeness (QED) is 0.236. The van der Waals surface area contributed by atoms with Crippen LogP contribution in [0.4, 0.5) is 0 Å². The van der Waals surface area contributed by atoms with Gasteiger partial charge in [0, 0.05) is 0 Å². The van der Waals surface area contributed by atoms with Gasteiger partial charge >= 0.3 is 79.9 Å². The maximum atomic E-state index is 8.93. The number of hydrogen-bond donors (Lipinski definition) is 0. The standard InChI is InChI=1S/2C2H2O4.2Th/c2*3-1(4)2(5)6;;/h2*(H,3,4)(H,5,6);;/q;;2*+2/p-4. The van der Waals surface area contributed by atoms with Crippen LogP contribution in [0.25, 0.3) is 0 Å². The first-order valence-corrected chi connectivity index (χ1v) is 2.13. The minimum atomic E-state index is -2.19. The molecule has 0 amide bonds. The van der Waals surface area contributed by atoms with Crippen molar-refractivity contribution in [3.8, 4) is 0 Å². The first kappa shape index (κ1) is 24.0. The van der Waals surface area contributed by atoms with Gasteiger partial charge in [-0.1, -0.05) is 0 Å². The Balaban J connectivity index is -0.0000000625. The molecule has 0 aromatic rings. The SMILES string of the molecule is O=C([O-])C(=O)[O-].O=C([O-])C(=O)[O-].[Th+2].[Th+2]. The van der Waals surface area contributed by atoms with Gasteiger partial charge in [-0.05, 0) is 0 Å². The molecule has 14 heavy (non-hydrogen) atoms. The van der Waals surface area contributed by atoms with Crippen molar-refractivity contribution in [3.63, 3.8) is 0 Å². The number of carboxylic acid groups (broad SMARTS) is 4. The van der Waals surface area contributed by atoms with E-state index in [2.05, 4.69) is 0 Å². The summed E-state index contributed by atoms with van der Waals surface area (Å²) >= 11 is 0. The van der Waals surface area contributed by atoms with Crippen LogP contribution in [-0.4, -0.2) is 23.9 Å². The molecule has 0 aromatic carbocycles. The fourth-order valence-corrected chi connectivity index (χ4v) is 0. The second-order valence-corrected chi connectivity index (χ2v) is 1.15. The predicted octanol–water partition coefficient (Wildman–Crippen LogP) is -7.03. The molecule has 0 heterocycles. The summed E-state index contributed by atoms with van der Waals surface area (Å²) in [4.78, 5) is 35.7. The maximum absolute atomic E-state index is 8.93. The summed E-state index contributed by atoms with van der Waals surface area (Å²) in [5, 5.41) is 35.7. The van der Waals surface area contributed by atoms with Crippen molar-refractivity contribution in [2.24, 2.45) is 0 Å². The molecule has 0 saturated carbocycles. The van der Waals surface area contributed by atoms with E-state index in [-0.39, 0.29) is 79.9 Å². The third kappa shape index (κ3) is 22.9. The molecule has 0 unspecified atom stereocenters. The normalized spacial score (nSPS) is 6.29. The van der Waals surface area contributed by atoms with E-state index in [1.807, 2.05) is 0 Å². The molecular formula is C4O8Th2. The zero-order valence-corrected chi connectivity index (χ0v) is 14.5. The minimum absolute atomic E-state index is 0. The van der Waals surface area contributed by atoms with Gasteiger partial charge < -0.3 is 39.6 Å². The Bertz CT molecular complexity index is 175. The first-order chi connectivity index (χ1) is 5.29. The monoisotopic (exact) mass is 640 g/mol.